The van der Waals surface area contributed by atoms with Crippen molar-refractivity contribution in [1.82, 2.24) is 15.0 Å². The summed E-state index contributed by atoms with van der Waals surface area (Å²) in [7, 11) is 1.84. The largest absolute Gasteiger partial charge is 0.475 e. The standard InChI is InChI=1S/C21H33N5O/c1-8-9-10-11-27-21-20(22-7)26-18(16(6)25-21)17-12-14(4)19(23-13(2)3)24-15(17)5/h12-13H,8-11H2,1-7H3,(H,22,26)(H,23,24). The Bertz CT molecular complexity index is 774. The maximum absolute atomic E-state index is 5.86. The Labute approximate surface area is 163 Å². The Kier molecular flexibility index (Phi) is 7.39. The van der Waals surface area contributed by atoms with E-state index in [9.17, 15) is 0 Å². The van der Waals surface area contributed by atoms with Crippen LogP contribution in [0.5, 0.6) is 5.88 Å². The summed E-state index contributed by atoms with van der Waals surface area (Å²) in [6.45, 7) is 13.1. The van der Waals surface area contributed by atoms with Crippen LogP contribution < -0.4 is 15.4 Å². The first kappa shape index (κ1) is 20.9. The van der Waals surface area contributed by atoms with Gasteiger partial charge in [0.1, 0.15) is 5.82 Å². The molecule has 6 nitrogen and oxygen atoms in total. The Hall–Kier alpha value is -2.37. The number of unbranched alkanes of at least 4 members (excludes halogenated alkanes) is 2. The Balaban J connectivity index is 2.37. The van der Waals surface area contributed by atoms with Crippen molar-refractivity contribution in [3.05, 3.63) is 23.0 Å². The van der Waals surface area contributed by atoms with Gasteiger partial charge in [0, 0.05) is 24.3 Å². The number of anilines is 2. The number of aryl methyl sites for hydroxylation is 3. The lowest BCUT2D eigenvalue weighted by molar-refractivity contribution is 0.295. The molecule has 0 fully saturated rings. The molecule has 0 radical (unpaired) electrons. The van der Waals surface area contributed by atoms with Gasteiger partial charge >= 0.3 is 0 Å². The Morgan fingerprint density at radius 1 is 1.00 bits per heavy atom. The summed E-state index contributed by atoms with van der Waals surface area (Å²) in [6, 6.07) is 2.47. The molecule has 0 atom stereocenters. The maximum atomic E-state index is 5.86. The van der Waals surface area contributed by atoms with Crippen molar-refractivity contribution >= 4 is 11.6 Å². The number of hydrogen-bond donors (Lipinski definition) is 2. The first-order chi connectivity index (χ1) is 12.9. The van der Waals surface area contributed by atoms with Gasteiger partial charge in [0.05, 0.1) is 18.0 Å². The van der Waals surface area contributed by atoms with Gasteiger partial charge in [0.2, 0.25) is 0 Å². The molecule has 2 aromatic heterocycles. The van der Waals surface area contributed by atoms with E-state index in [4.69, 9.17) is 14.7 Å². The van der Waals surface area contributed by atoms with Gasteiger partial charge in [-0.05, 0) is 52.7 Å². The van der Waals surface area contributed by atoms with Crippen molar-refractivity contribution in [3.63, 3.8) is 0 Å². The van der Waals surface area contributed by atoms with Crippen molar-refractivity contribution in [2.45, 2.75) is 66.8 Å². The van der Waals surface area contributed by atoms with E-state index in [-0.39, 0.29) is 0 Å². The van der Waals surface area contributed by atoms with Gasteiger partial charge in [-0.2, -0.15) is 0 Å². The van der Waals surface area contributed by atoms with Crippen molar-refractivity contribution in [2.24, 2.45) is 0 Å². The van der Waals surface area contributed by atoms with E-state index in [1.54, 1.807) is 0 Å². The molecule has 0 aliphatic rings. The van der Waals surface area contributed by atoms with E-state index in [1.807, 2.05) is 20.9 Å². The summed E-state index contributed by atoms with van der Waals surface area (Å²) in [5.74, 6) is 2.14. The van der Waals surface area contributed by atoms with Gasteiger partial charge in [-0.3, -0.25) is 0 Å². The van der Waals surface area contributed by atoms with E-state index < -0.39 is 0 Å². The molecule has 2 aromatic rings. The summed E-state index contributed by atoms with van der Waals surface area (Å²) in [5, 5.41) is 6.51. The minimum atomic E-state index is 0.336. The second-order valence-electron chi connectivity index (χ2n) is 7.20. The summed E-state index contributed by atoms with van der Waals surface area (Å²) in [4.78, 5) is 14.2. The molecular weight excluding hydrogens is 338 g/mol. The number of rotatable bonds is 9. The lowest BCUT2D eigenvalue weighted by atomic mass is 10.1. The topological polar surface area (TPSA) is 72.0 Å². The first-order valence-corrected chi connectivity index (χ1v) is 9.81. The van der Waals surface area contributed by atoms with Crippen molar-refractivity contribution in [2.75, 3.05) is 24.3 Å². The van der Waals surface area contributed by atoms with Gasteiger partial charge in [0.15, 0.2) is 5.82 Å². The molecule has 0 unspecified atom stereocenters. The summed E-state index contributed by atoms with van der Waals surface area (Å²) in [5.41, 5.74) is 4.70. The molecule has 27 heavy (non-hydrogen) atoms. The lowest BCUT2D eigenvalue weighted by Crippen LogP contribution is -2.13. The Morgan fingerprint density at radius 2 is 1.74 bits per heavy atom. The Morgan fingerprint density at radius 3 is 2.37 bits per heavy atom. The van der Waals surface area contributed by atoms with Crippen molar-refractivity contribution < 1.29 is 4.74 Å². The first-order valence-electron chi connectivity index (χ1n) is 9.81. The molecule has 0 bridgehead atoms. The van der Waals surface area contributed by atoms with Crippen LogP contribution >= 0.6 is 0 Å². The number of nitrogens with one attached hydrogen (secondary N) is 2. The molecule has 148 valence electrons. The third kappa shape index (κ3) is 5.31. The third-order valence-electron chi connectivity index (χ3n) is 4.35. The molecule has 0 saturated heterocycles. The SMILES string of the molecule is CCCCCOc1nc(C)c(-c2cc(C)c(NC(C)C)nc2C)nc1NC. The third-order valence-corrected chi connectivity index (χ3v) is 4.35. The van der Waals surface area contributed by atoms with Crippen LogP contribution in [0.1, 0.15) is 57.0 Å². The fraction of sp³-hybridized carbons (Fsp3) is 0.571. The molecule has 2 heterocycles. The fourth-order valence-corrected chi connectivity index (χ4v) is 2.90. The fourth-order valence-electron chi connectivity index (χ4n) is 2.90. The number of pyridine rings is 1. The average Bonchev–Trinajstić information content (AvgIpc) is 2.61. The van der Waals surface area contributed by atoms with Crippen LogP contribution in [0.2, 0.25) is 0 Å². The molecule has 2 N–H and O–H groups in total. The minimum absolute atomic E-state index is 0.336. The molecule has 0 saturated carbocycles. The van der Waals surface area contributed by atoms with Gasteiger partial charge < -0.3 is 15.4 Å². The molecule has 0 aliphatic carbocycles. The highest BCUT2D eigenvalue weighted by Gasteiger charge is 2.17. The van der Waals surface area contributed by atoms with Crippen LogP contribution in [0.25, 0.3) is 11.3 Å². The quantitative estimate of drug-likeness (QED) is 0.611. The summed E-state index contributed by atoms with van der Waals surface area (Å²) in [6.07, 6.45) is 3.34. The van der Waals surface area contributed by atoms with Crippen LogP contribution in [0, 0.1) is 20.8 Å². The lowest BCUT2D eigenvalue weighted by Gasteiger charge is -2.17. The molecule has 0 spiro atoms. The van der Waals surface area contributed by atoms with Crippen LogP contribution in [-0.2, 0) is 0 Å². The van der Waals surface area contributed by atoms with Gasteiger partial charge in [-0.15, -0.1) is 0 Å². The van der Waals surface area contributed by atoms with Crippen molar-refractivity contribution in [1.29, 1.82) is 0 Å². The van der Waals surface area contributed by atoms with Gasteiger partial charge in [-0.25, -0.2) is 15.0 Å². The molecule has 0 amide bonds. The highest BCUT2D eigenvalue weighted by molar-refractivity contribution is 5.70. The van der Waals surface area contributed by atoms with Crippen LogP contribution in [0.3, 0.4) is 0 Å². The second kappa shape index (κ2) is 9.53. The molecule has 6 heteroatoms. The zero-order chi connectivity index (χ0) is 20.0. The number of aromatic nitrogens is 3. The number of ether oxygens (including phenoxy) is 1. The number of nitrogens with zero attached hydrogens (tertiary/aromatic N) is 3. The van der Waals surface area contributed by atoms with Crippen LogP contribution in [0.15, 0.2) is 6.07 Å². The molecule has 0 aromatic carbocycles. The highest BCUT2D eigenvalue weighted by Crippen LogP contribution is 2.31. The second-order valence-corrected chi connectivity index (χ2v) is 7.20. The van der Waals surface area contributed by atoms with E-state index in [0.29, 0.717) is 24.3 Å². The smallest absolute Gasteiger partial charge is 0.257 e. The highest BCUT2D eigenvalue weighted by atomic mass is 16.5. The van der Waals surface area contributed by atoms with Crippen LogP contribution in [-0.4, -0.2) is 34.6 Å². The monoisotopic (exact) mass is 371 g/mol. The summed E-state index contributed by atoms with van der Waals surface area (Å²) < 4.78 is 5.86. The van der Waals surface area contributed by atoms with Crippen molar-refractivity contribution in [3.8, 4) is 17.1 Å². The average molecular weight is 372 g/mol. The molecule has 0 aliphatic heterocycles. The van der Waals surface area contributed by atoms with Gasteiger partial charge in [-0.1, -0.05) is 19.8 Å². The van der Waals surface area contributed by atoms with E-state index in [1.165, 1.54) is 6.42 Å². The van der Waals surface area contributed by atoms with E-state index in [0.717, 1.165) is 46.9 Å². The van der Waals surface area contributed by atoms with E-state index in [2.05, 4.69) is 49.4 Å². The number of hydrogen-bond acceptors (Lipinski definition) is 6. The normalized spacial score (nSPS) is 11.0. The zero-order valence-electron chi connectivity index (χ0n) is 17.7. The maximum Gasteiger partial charge on any atom is 0.257 e. The van der Waals surface area contributed by atoms with Crippen LogP contribution in [0.4, 0.5) is 11.6 Å². The molecule has 2 rings (SSSR count). The summed E-state index contributed by atoms with van der Waals surface area (Å²) >= 11 is 0. The predicted molar refractivity (Wildman–Crippen MR) is 113 cm³/mol. The van der Waals surface area contributed by atoms with E-state index >= 15 is 0 Å². The van der Waals surface area contributed by atoms with Gasteiger partial charge in [0.25, 0.3) is 5.88 Å². The predicted octanol–water partition coefficient (Wildman–Crippen LogP) is 4.89. The zero-order valence-corrected chi connectivity index (χ0v) is 17.7. The molecular formula is C21H33N5O. The minimum Gasteiger partial charge on any atom is -0.475 e.